The van der Waals surface area contributed by atoms with E-state index in [1.807, 2.05) is 5.38 Å². The van der Waals surface area contributed by atoms with E-state index in [1.54, 1.807) is 29.8 Å². The van der Waals surface area contributed by atoms with Crippen molar-refractivity contribution in [3.63, 3.8) is 0 Å². The van der Waals surface area contributed by atoms with Gasteiger partial charge in [0.15, 0.2) is 0 Å². The third-order valence-corrected chi connectivity index (χ3v) is 4.15. The highest BCUT2D eigenvalue weighted by Crippen LogP contribution is 2.31. The normalized spacial score (nSPS) is 19.6. The molecule has 2 aromatic rings. The van der Waals surface area contributed by atoms with Gasteiger partial charge in [-0.2, -0.15) is 0 Å². The number of halogens is 1. The number of pyridine rings is 1. The van der Waals surface area contributed by atoms with Crippen LogP contribution in [0, 0.1) is 0 Å². The Morgan fingerprint density at radius 1 is 1.47 bits per heavy atom. The van der Waals surface area contributed by atoms with Crippen LogP contribution in [-0.4, -0.2) is 29.7 Å². The Hall–Kier alpha value is -1.37. The maximum absolute atomic E-state index is 6.19. The summed E-state index contributed by atoms with van der Waals surface area (Å²) in [6, 6.07) is 1.80. The van der Waals surface area contributed by atoms with Gasteiger partial charge in [0, 0.05) is 30.4 Å². The molecule has 0 aromatic carbocycles. The largest absolute Gasteiger partial charge is 0.384 e. The van der Waals surface area contributed by atoms with Crippen molar-refractivity contribution in [2.75, 3.05) is 30.3 Å². The fourth-order valence-electron chi connectivity index (χ4n) is 2.10. The van der Waals surface area contributed by atoms with Gasteiger partial charge in [0.05, 0.1) is 23.9 Å². The molecule has 1 aliphatic rings. The summed E-state index contributed by atoms with van der Waals surface area (Å²) in [7, 11) is 0. The van der Waals surface area contributed by atoms with Gasteiger partial charge < -0.3 is 15.4 Å². The zero-order valence-electron chi connectivity index (χ0n) is 10.1. The summed E-state index contributed by atoms with van der Waals surface area (Å²) in [5, 5.41) is 3.55. The van der Waals surface area contributed by atoms with Crippen molar-refractivity contribution < 1.29 is 4.74 Å². The van der Waals surface area contributed by atoms with Crippen LogP contribution < -0.4 is 10.6 Å². The number of hydrogen-bond donors (Lipinski definition) is 1. The summed E-state index contributed by atoms with van der Waals surface area (Å²) in [6.45, 7) is 2.14. The minimum Gasteiger partial charge on any atom is -0.384 e. The maximum atomic E-state index is 6.19. The van der Waals surface area contributed by atoms with Crippen LogP contribution in [-0.2, 0) is 4.74 Å². The summed E-state index contributed by atoms with van der Waals surface area (Å²) in [6.07, 6.45) is 3.36. The maximum Gasteiger partial charge on any atom is 0.126 e. The SMILES string of the molecule is Nc1cc(N2CCO[C@H](c3nccs3)C2)c(Cl)cn1. The van der Waals surface area contributed by atoms with Crippen LogP contribution in [0.2, 0.25) is 5.02 Å². The number of anilines is 2. The molecule has 5 nitrogen and oxygen atoms in total. The summed E-state index contributed by atoms with van der Waals surface area (Å²) >= 11 is 7.79. The van der Waals surface area contributed by atoms with Gasteiger partial charge in [0.25, 0.3) is 0 Å². The minimum absolute atomic E-state index is 0.0146. The first kappa shape index (κ1) is 12.7. The van der Waals surface area contributed by atoms with E-state index >= 15 is 0 Å². The van der Waals surface area contributed by atoms with Crippen LogP contribution in [0.1, 0.15) is 11.1 Å². The second-order valence-corrected chi connectivity index (χ2v) is 5.57. The van der Waals surface area contributed by atoms with Gasteiger partial charge in [-0.25, -0.2) is 9.97 Å². The van der Waals surface area contributed by atoms with Crippen molar-refractivity contribution in [1.82, 2.24) is 9.97 Å². The number of rotatable bonds is 2. The number of nitrogen functional groups attached to an aromatic ring is 1. The summed E-state index contributed by atoms with van der Waals surface area (Å²) in [5.74, 6) is 0.469. The van der Waals surface area contributed by atoms with Crippen molar-refractivity contribution >= 4 is 34.4 Å². The van der Waals surface area contributed by atoms with Crippen LogP contribution in [0.4, 0.5) is 11.5 Å². The van der Waals surface area contributed by atoms with Gasteiger partial charge in [0.1, 0.15) is 16.9 Å². The molecule has 0 radical (unpaired) electrons. The molecule has 3 rings (SSSR count). The number of aromatic nitrogens is 2. The Kier molecular flexibility index (Phi) is 3.54. The van der Waals surface area contributed by atoms with E-state index in [-0.39, 0.29) is 6.10 Å². The third-order valence-electron chi connectivity index (χ3n) is 2.99. The molecule has 0 aliphatic carbocycles. The topological polar surface area (TPSA) is 64.3 Å². The monoisotopic (exact) mass is 296 g/mol. The highest BCUT2D eigenvalue weighted by molar-refractivity contribution is 7.09. The Labute approximate surface area is 120 Å². The van der Waals surface area contributed by atoms with Crippen molar-refractivity contribution in [2.24, 2.45) is 0 Å². The standard InChI is InChI=1S/C12H13ClN4OS/c13-8-6-16-11(14)5-9(8)17-2-3-18-10(7-17)12-15-1-4-19-12/h1,4-6,10H,2-3,7H2,(H2,14,16)/t10-/m0/s1. The smallest absolute Gasteiger partial charge is 0.126 e. The summed E-state index contributed by atoms with van der Waals surface area (Å²) in [4.78, 5) is 10.4. The van der Waals surface area contributed by atoms with E-state index in [0.717, 1.165) is 23.8 Å². The number of nitrogens with zero attached hydrogens (tertiary/aromatic N) is 3. The Bertz CT molecular complexity index is 563. The van der Waals surface area contributed by atoms with Crippen molar-refractivity contribution in [2.45, 2.75) is 6.10 Å². The summed E-state index contributed by atoms with van der Waals surface area (Å²) < 4.78 is 5.76. The van der Waals surface area contributed by atoms with Crippen molar-refractivity contribution in [3.8, 4) is 0 Å². The molecule has 0 spiro atoms. The van der Waals surface area contributed by atoms with Crippen molar-refractivity contribution in [1.29, 1.82) is 0 Å². The van der Waals surface area contributed by atoms with Gasteiger partial charge in [0.2, 0.25) is 0 Å². The first-order valence-electron chi connectivity index (χ1n) is 5.91. The van der Waals surface area contributed by atoms with Crippen LogP contribution >= 0.6 is 22.9 Å². The van der Waals surface area contributed by atoms with Crippen molar-refractivity contribution in [3.05, 3.63) is 33.9 Å². The van der Waals surface area contributed by atoms with E-state index in [2.05, 4.69) is 14.9 Å². The lowest BCUT2D eigenvalue weighted by molar-refractivity contribution is 0.0396. The molecule has 0 saturated carbocycles. The van der Waals surface area contributed by atoms with E-state index < -0.39 is 0 Å². The van der Waals surface area contributed by atoms with E-state index in [1.165, 1.54) is 0 Å². The minimum atomic E-state index is -0.0146. The first-order valence-corrected chi connectivity index (χ1v) is 7.17. The molecular weight excluding hydrogens is 284 g/mol. The second kappa shape index (κ2) is 5.32. The van der Waals surface area contributed by atoms with E-state index in [4.69, 9.17) is 22.1 Å². The van der Waals surface area contributed by atoms with Gasteiger partial charge in [-0.1, -0.05) is 11.6 Å². The van der Waals surface area contributed by atoms with Crippen LogP contribution in [0.25, 0.3) is 0 Å². The predicted octanol–water partition coefficient (Wildman–Crippen LogP) is 2.35. The van der Waals surface area contributed by atoms with Crippen LogP contribution in [0.3, 0.4) is 0 Å². The zero-order chi connectivity index (χ0) is 13.2. The summed E-state index contributed by atoms with van der Waals surface area (Å²) in [5.41, 5.74) is 6.63. The zero-order valence-corrected chi connectivity index (χ0v) is 11.7. The fourth-order valence-corrected chi connectivity index (χ4v) is 3.00. The molecule has 1 saturated heterocycles. The third kappa shape index (κ3) is 2.65. The van der Waals surface area contributed by atoms with E-state index in [0.29, 0.717) is 17.4 Å². The highest BCUT2D eigenvalue weighted by Gasteiger charge is 2.25. The lowest BCUT2D eigenvalue weighted by Crippen LogP contribution is -2.38. The molecule has 2 N–H and O–H groups in total. The molecule has 0 bridgehead atoms. The Balaban J connectivity index is 1.83. The first-order chi connectivity index (χ1) is 9.24. The lowest BCUT2D eigenvalue weighted by Gasteiger charge is -2.34. The molecular formula is C12H13ClN4OS. The molecule has 1 aliphatic heterocycles. The van der Waals surface area contributed by atoms with Gasteiger partial charge in [-0.3, -0.25) is 0 Å². The number of hydrogen-bond acceptors (Lipinski definition) is 6. The van der Waals surface area contributed by atoms with Gasteiger partial charge in [-0.15, -0.1) is 11.3 Å². The Morgan fingerprint density at radius 2 is 2.37 bits per heavy atom. The quantitative estimate of drug-likeness (QED) is 0.921. The number of nitrogens with two attached hydrogens (primary N) is 1. The van der Waals surface area contributed by atoms with Gasteiger partial charge >= 0.3 is 0 Å². The molecule has 3 heterocycles. The molecule has 2 aromatic heterocycles. The second-order valence-electron chi connectivity index (χ2n) is 4.24. The molecule has 1 fully saturated rings. The highest BCUT2D eigenvalue weighted by atomic mass is 35.5. The molecule has 19 heavy (non-hydrogen) atoms. The molecule has 7 heteroatoms. The Morgan fingerprint density at radius 3 is 3.16 bits per heavy atom. The number of ether oxygens (including phenoxy) is 1. The van der Waals surface area contributed by atoms with Gasteiger partial charge in [-0.05, 0) is 0 Å². The predicted molar refractivity (Wildman–Crippen MR) is 76.7 cm³/mol. The molecule has 100 valence electrons. The average Bonchev–Trinajstić information content (AvgIpc) is 2.96. The number of thiazole rings is 1. The van der Waals surface area contributed by atoms with Crippen LogP contribution in [0.5, 0.6) is 0 Å². The lowest BCUT2D eigenvalue weighted by atomic mass is 10.2. The molecule has 0 unspecified atom stereocenters. The average molecular weight is 297 g/mol. The van der Waals surface area contributed by atoms with Crippen LogP contribution in [0.15, 0.2) is 23.8 Å². The number of morpholine rings is 1. The molecule has 1 atom stereocenters. The fraction of sp³-hybridized carbons (Fsp3) is 0.333. The van der Waals surface area contributed by atoms with E-state index in [9.17, 15) is 0 Å². The molecule has 0 amide bonds.